The van der Waals surface area contributed by atoms with Gasteiger partial charge in [-0.2, -0.15) is 0 Å². The van der Waals surface area contributed by atoms with Crippen LogP contribution in [0.1, 0.15) is 28.9 Å². The zero-order chi connectivity index (χ0) is 21.3. The van der Waals surface area contributed by atoms with Gasteiger partial charge in [0.05, 0.1) is 25.0 Å². The molecular weight excluding hydrogens is 382 g/mol. The summed E-state index contributed by atoms with van der Waals surface area (Å²) in [5, 5.41) is 2.81. The Morgan fingerprint density at radius 1 is 0.933 bits per heavy atom. The number of benzene rings is 3. The van der Waals surface area contributed by atoms with Crippen LogP contribution in [0.25, 0.3) is 0 Å². The van der Waals surface area contributed by atoms with Crippen LogP contribution < -0.4 is 14.8 Å². The number of rotatable bonds is 8. The van der Waals surface area contributed by atoms with Crippen LogP contribution in [0.4, 0.5) is 5.69 Å². The monoisotopic (exact) mass is 405 g/mol. The summed E-state index contributed by atoms with van der Waals surface area (Å²) in [5.41, 5.74) is 1.35. The van der Waals surface area contributed by atoms with Crippen LogP contribution in [0.3, 0.4) is 0 Å². The maximum Gasteiger partial charge on any atom is 0.339 e. The topological polar surface area (TPSA) is 73.9 Å². The highest BCUT2D eigenvalue weighted by atomic mass is 16.5. The van der Waals surface area contributed by atoms with Gasteiger partial charge in [0.2, 0.25) is 6.10 Å². The van der Waals surface area contributed by atoms with Crippen molar-refractivity contribution in [2.75, 3.05) is 19.0 Å². The molecule has 3 aromatic carbocycles. The first kappa shape index (κ1) is 20.9. The van der Waals surface area contributed by atoms with Crippen LogP contribution in [0.2, 0.25) is 0 Å². The van der Waals surface area contributed by atoms with Gasteiger partial charge >= 0.3 is 5.97 Å². The summed E-state index contributed by atoms with van der Waals surface area (Å²) in [6.45, 7) is 2.32. The number of para-hydroxylation sites is 2. The Labute approximate surface area is 175 Å². The van der Waals surface area contributed by atoms with Crippen LogP contribution in [0.5, 0.6) is 11.5 Å². The Kier molecular flexibility index (Phi) is 7.05. The van der Waals surface area contributed by atoms with E-state index < -0.39 is 18.0 Å². The molecule has 1 amide bonds. The molecule has 0 fully saturated rings. The zero-order valence-electron chi connectivity index (χ0n) is 16.8. The highest BCUT2D eigenvalue weighted by Gasteiger charge is 2.26. The minimum absolute atomic E-state index is 0.290. The van der Waals surface area contributed by atoms with Crippen molar-refractivity contribution in [3.05, 3.63) is 90.0 Å². The Morgan fingerprint density at radius 2 is 1.67 bits per heavy atom. The lowest BCUT2D eigenvalue weighted by atomic mass is 10.1. The van der Waals surface area contributed by atoms with Crippen molar-refractivity contribution in [2.24, 2.45) is 0 Å². The molecule has 0 radical (unpaired) electrons. The molecule has 6 heteroatoms. The summed E-state index contributed by atoms with van der Waals surface area (Å²) >= 11 is 0. The first-order chi connectivity index (χ1) is 14.6. The minimum Gasteiger partial charge on any atom is -0.497 e. The Bertz CT molecular complexity index is 1000. The maximum absolute atomic E-state index is 13.1. The summed E-state index contributed by atoms with van der Waals surface area (Å²) in [4.78, 5) is 25.8. The van der Waals surface area contributed by atoms with Gasteiger partial charge in [0.1, 0.15) is 11.5 Å². The van der Waals surface area contributed by atoms with Crippen LogP contribution in [-0.2, 0) is 9.53 Å². The summed E-state index contributed by atoms with van der Waals surface area (Å²) in [6.07, 6.45) is -1.14. The van der Waals surface area contributed by atoms with Crippen molar-refractivity contribution in [1.82, 2.24) is 0 Å². The number of ether oxygens (including phenoxy) is 3. The van der Waals surface area contributed by atoms with Crippen molar-refractivity contribution in [2.45, 2.75) is 13.0 Å². The highest BCUT2D eigenvalue weighted by molar-refractivity contribution is 5.99. The van der Waals surface area contributed by atoms with Gasteiger partial charge in [0.15, 0.2) is 0 Å². The highest BCUT2D eigenvalue weighted by Crippen LogP contribution is 2.27. The second-order valence-corrected chi connectivity index (χ2v) is 6.35. The molecule has 1 N–H and O–H groups in total. The molecule has 0 aliphatic carbocycles. The summed E-state index contributed by atoms with van der Waals surface area (Å²) in [7, 11) is 1.51. The number of carbonyl (C=O) groups is 2. The first-order valence-electron chi connectivity index (χ1n) is 9.55. The third-order valence-electron chi connectivity index (χ3n) is 4.32. The Morgan fingerprint density at radius 3 is 2.40 bits per heavy atom. The molecule has 3 rings (SSSR count). The van der Waals surface area contributed by atoms with E-state index in [0.717, 1.165) is 0 Å². The largest absolute Gasteiger partial charge is 0.497 e. The van der Waals surface area contributed by atoms with E-state index in [0.29, 0.717) is 29.4 Å². The van der Waals surface area contributed by atoms with Crippen molar-refractivity contribution >= 4 is 17.6 Å². The molecule has 0 saturated carbocycles. The lowest BCUT2D eigenvalue weighted by Gasteiger charge is -2.19. The molecule has 0 spiro atoms. The van der Waals surface area contributed by atoms with E-state index in [4.69, 9.17) is 14.2 Å². The normalized spacial score (nSPS) is 11.3. The fourth-order valence-corrected chi connectivity index (χ4v) is 2.88. The summed E-state index contributed by atoms with van der Waals surface area (Å²) in [6, 6.07) is 22.5. The predicted octanol–water partition coefficient (Wildman–Crippen LogP) is 4.63. The minimum atomic E-state index is -1.14. The smallest absolute Gasteiger partial charge is 0.339 e. The molecule has 0 aliphatic heterocycles. The molecule has 0 saturated heterocycles. The van der Waals surface area contributed by atoms with E-state index in [-0.39, 0.29) is 5.56 Å². The summed E-state index contributed by atoms with van der Waals surface area (Å²) in [5.74, 6) is -0.0457. The number of nitrogens with one attached hydrogen (secondary N) is 1. The van der Waals surface area contributed by atoms with E-state index in [1.165, 1.54) is 7.11 Å². The van der Waals surface area contributed by atoms with Crippen LogP contribution >= 0.6 is 0 Å². The predicted molar refractivity (Wildman–Crippen MR) is 114 cm³/mol. The van der Waals surface area contributed by atoms with Crippen LogP contribution in [0.15, 0.2) is 78.9 Å². The molecule has 0 aliphatic rings. The zero-order valence-corrected chi connectivity index (χ0v) is 16.8. The van der Waals surface area contributed by atoms with Crippen LogP contribution in [0, 0.1) is 0 Å². The van der Waals surface area contributed by atoms with E-state index in [1.807, 2.05) is 19.1 Å². The quantitative estimate of drug-likeness (QED) is 0.553. The first-order valence-corrected chi connectivity index (χ1v) is 9.55. The van der Waals surface area contributed by atoms with E-state index in [9.17, 15) is 9.59 Å². The molecule has 30 heavy (non-hydrogen) atoms. The fourth-order valence-electron chi connectivity index (χ4n) is 2.88. The molecule has 3 aromatic rings. The SMILES string of the molecule is CCOc1ccccc1NC(=O)[C@@H](OC(=O)c1cccc(OC)c1)c1ccccc1. The second-order valence-electron chi connectivity index (χ2n) is 6.35. The molecule has 0 heterocycles. The van der Waals surface area contributed by atoms with Crippen molar-refractivity contribution in [3.8, 4) is 11.5 Å². The molecule has 6 nitrogen and oxygen atoms in total. The van der Waals surface area contributed by atoms with Gasteiger partial charge in [-0.05, 0) is 37.3 Å². The third-order valence-corrected chi connectivity index (χ3v) is 4.32. The molecule has 0 bridgehead atoms. The van der Waals surface area contributed by atoms with Crippen molar-refractivity contribution in [3.63, 3.8) is 0 Å². The number of amides is 1. The standard InChI is InChI=1S/C24H23NO5/c1-3-29-21-15-8-7-14-20(21)25-23(26)22(17-10-5-4-6-11-17)30-24(27)18-12-9-13-19(16-18)28-2/h4-16,22H,3H2,1-2H3,(H,25,26)/t22-/m0/s1. The average molecular weight is 405 g/mol. The fraction of sp³-hybridized carbons (Fsp3) is 0.167. The van der Waals surface area contributed by atoms with E-state index in [2.05, 4.69) is 5.32 Å². The third kappa shape index (κ3) is 5.17. The maximum atomic E-state index is 13.1. The van der Waals surface area contributed by atoms with Gasteiger partial charge in [-0.1, -0.05) is 48.5 Å². The van der Waals surface area contributed by atoms with Crippen LogP contribution in [-0.4, -0.2) is 25.6 Å². The van der Waals surface area contributed by atoms with Gasteiger partial charge in [0.25, 0.3) is 5.91 Å². The summed E-state index contributed by atoms with van der Waals surface area (Å²) < 4.78 is 16.3. The van der Waals surface area contributed by atoms with E-state index >= 15 is 0 Å². The lowest BCUT2D eigenvalue weighted by Crippen LogP contribution is -2.26. The average Bonchev–Trinajstić information content (AvgIpc) is 2.79. The molecular formula is C24H23NO5. The molecule has 154 valence electrons. The number of carbonyl (C=O) groups excluding carboxylic acids is 2. The lowest BCUT2D eigenvalue weighted by molar-refractivity contribution is -0.125. The van der Waals surface area contributed by atoms with Crippen molar-refractivity contribution < 1.29 is 23.8 Å². The number of hydrogen-bond donors (Lipinski definition) is 1. The second kappa shape index (κ2) is 10.1. The van der Waals surface area contributed by atoms with Gasteiger partial charge < -0.3 is 19.5 Å². The number of esters is 1. The Balaban J connectivity index is 1.86. The van der Waals surface area contributed by atoms with Gasteiger partial charge in [0, 0.05) is 5.56 Å². The van der Waals surface area contributed by atoms with Gasteiger partial charge in [-0.15, -0.1) is 0 Å². The van der Waals surface area contributed by atoms with E-state index in [1.54, 1.807) is 66.7 Å². The molecule has 1 atom stereocenters. The van der Waals surface area contributed by atoms with Gasteiger partial charge in [-0.25, -0.2) is 4.79 Å². The molecule has 0 unspecified atom stereocenters. The number of hydrogen-bond acceptors (Lipinski definition) is 5. The van der Waals surface area contributed by atoms with Crippen molar-refractivity contribution in [1.29, 1.82) is 0 Å². The van der Waals surface area contributed by atoms with Gasteiger partial charge in [-0.3, -0.25) is 4.79 Å². The molecule has 0 aromatic heterocycles. The number of anilines is 1. The Hall–Kier alpha value is -3.80. The number of methoxy groups -OCH3 is 1.